The fourth-order valence-corrected chi connectivity index (χ4v) is 7.83. The maximum Gasteiger partial charge on any atom is 0.335 e. The summed E-state index contributed by atoms with van der Waals surface area (Å²) in [4.78, 5) is 19.0. The molecule has 3 fully saturated rings. The molecule has 2 bridgehead atoms. The van der Waals surface area contributed by atoms with Gasteiger partial charge in [-0.3, -0.25) is 0 Å². The molecule has 0 unspecified atom stereocenters. The van der Waals surface area contributed by atoms with E-state index in [9.17, 15) is 9.90 Å². The van der Waals surface area contributed by atoms with Crippen molar-refractivity contribution in [2.75, 3.05) is 12.0 Å². The van der Waals surface area contributed by atoms with Crippen molar-refractivity contribution in [3.63, 3.8) is 0 Å². The molecule has 8 nitrogen and oxygen atoms in total. The third-order valence-corrected chi connectivity index (χ3v) is 9.79. The van der Waals surface area contributed by atoms with Crippen molar-refractivity contribution in [1.29, 1.82) is 0 Å². The lowest BCUT2D eigenvalue weighted by Gasteiger charge is -2.38. The summed E-state index contributed by atoms with van der Waals surface area (Å²) in [6.45, 7) is 4.77. The first-order chi connectivity index (χ1) is 19.4. The van der Waals surface area contributed by atoms with Crippen molar-refractivity contribution in [3.05, 3.63) is 58.3 Å². The maximum atomic E-state index is 11.6. The molecule has 40 heavy (non-hydrogen) atoms. The van der Waals surface area contributed by atoms with E-state index in [0.29, 0.717) is 30.4 Å². The van der Waals surface area contributed by atoms with Gasteiger partial charge in [0.1, 0.15) is 22.7 Å². The van der Waals surface area contributed by atoms with Crippen molar-refractivity contribution in [3.8, 4) is 17.0 Å². The Morgan fingerprint density at radius 1 is 1.12 bits per heavy atom. The zero-order valence-electron chi connectivity index (χ0n) is 23.0. The SMILES string of the molecule is COc1cc(C(=O)O)cc2sc(N3[C@@H]4CC[C@H]3C[C@H](OCc3c(-c5c(C)cccc5C)noc3C3CC3)C4)nc12. The standard InChI is InChI=1S/C31H33N3O5S/c1-16-5-4-6-17(2)26(16)27-23(29(39-33-27)18-7-8-18)15-38-22-13-20-9-10-21(14-22)34(20)31-32-28-24(37-3)11-19(30(35)36)12-25(28)40-31/h4-6,11-12,18,20-22H,7-10,13-15H2,1-3H3,(H,35,36)/t20-,21+,22-. The highest BCUT2D eigenvalue weighted by Crippen LogP contribution is 2.47. The molecule has 7 rings (SSSR count). The van der Waals surface area contributed by atoms with Gasteiger partial charge >= 0.3 is 5.97 Å². The Hall–Kier alpha value is -3.43. The average Bonchev–Trinajstić information content (AvgIpc) is 3.46. The van der Waals surface area contributed by atoms with Gasteiger partial charge in [-0.25, -0.2) is 9.78 Å². The van der Waals surface area contributed by atoms with Crippen molar-refractivity contribution in [1.82, 2.24) is 10.1 Å². The van der Waals surface area contributed by atoms with Crippen LogP contribution < -0.4 is 9.64 Å². The van der Waals surface area contributed by atoms with Gasteiger partial charge in [0, 0.05) is 29.1 Å². The number of aromatic carboxylic acids is 1. The molecule has 4 heterocycles. The molecule has 1 saturated carbocycles. The number of thiazole rings is 1. The lowest BCUT2D eigenvalue weighted by Crippen LogP contribution is -2.45. The minimum Gasteiger partial charge on any atom is -0.494 e. The number of aromatic nitrogens is 2. The average molecular weight is 560 g/mol. The predicted octanol–water partition coefficient (Wildman–Crippen LogP) is 6.87. The van der Waals surface area contributed by atoms with Crippen molar-refractivity contribution >= 4 is 32.7 Å². The van der Waals surface area contributed by atoms with Crippen molar-refractivity contribution in [2.45, 2.75) is 83.1 Å². The number of hydrogen-bond donors (Lipinski definition) is 1. The van der Waals surface area contributed by atoms with E-state index >= 15 is 0 Å². The van der Waals surface area contributed by atoms with E-state index in [1.54, 1.807) is 30.6 Å². The summed E-state index contributed by atoms with van der Waals surface area (Å²) in [5.41, 5.74) is 6.55. The molecular formula is C31H33N3O5S. The number of methoxy groups -OCH3 is 1. The number of piperidine rings is 1. The van der Waals surface area contributed by atoms with Crippen LogP contribution in [-0.2, 0) is 11.3 Å². The highest BCUT2D eigenvalue weighted by molar-refractivity contribution is 7.22. The first-order valence-electron chi connectivity index (χ1n) is 14.1. The summed E-state index contributed by atoms with van der Waals surface area (Å²) in [7, 11) is 1.56. The molecule has 9 heteroatoms. The van der Waals surface area contributed by atoms with Crippen LogP contribution in [0.25, 0.3) is 21.5 Å². The van der Waals surface area contributed by atoms with Gasteiger partial charge in [-0.2, -0.15) is 0 Å². The summed E-state index contributed by atoms with van der Waals surface area (Å²) in [6.07, 6.45) is 6.54. The van der Waals surface area contributed by atoms with Crippen LogP contribution in [0.5, 0.6) is 5.75 Å². The number of rotatable bonds is 8. The molecular weight excluding hydrogens is 526 g/mol. The third kappa shape index (κ3) is 4.36. The normalized spacial score (nSPS) is 22.3. The van der Waals surface area contributed by atoms with Crippen LogP contribution in [0, 0.1) is 13.8 Å². The third-order valence-electron chi connectivity index (χ3n) is 8.77. The second-order valence-electron chi connectivity index (χ2n) is 11.4. The Balaban J connectivity index is 1.11. The van der Waals surface area contributed by atoms with E-state index in [1.165, 1.54) is 11.1 Å². The molecule has 0 spiro atoms. The minimum absolute atomic E-state index is 0.157. The van der Waals surface area contributed by atoms with E-state index in [1.807, 2.05) is 0 Å². The van der Waals surface area contributed by atoms with Crippen LogP contribution >= 0.6 is 11.3 Å². The maximum absolute atomic E-state index is 11.6. The Morgan fingerprint density at radius 3 is 2.50 bits per heavy atom. The highest BCUT2D eigenvalue weighted by atomic mass is 32.1. The van der Waals surface area contributed by atoms with Crippen LogP contribution in [0.2, 0.25) is 0 Å². The topological polar surface area (TPSA) is 97.9 Å². The summed E-state index contributed by atoms with van der Waals surface area (Å²) in [5.74, 6) is 0.997. The van der Waals surface area contributed by atoms with Gasteiger partial charge in [-0.15, -0.1) is 0 Å². The Bertz CT molecular complexity index is 1570. The van der Waals surface area contributed by atoms with Crippen LogP contribution in [0.1, 0.15) is 77.3 Å². The number of nitrogens with zero attached hydrogens (tertiary/aromatic N) is 3. The molecule has 2 aromatic heterocycles. The first-order valence-corrected chi connectivity index (χ1v) is 14.9. The van der Waals surface area contributed by atoms with E-state index in [-0.39, 0.29) is 11.7 Å². The number of carboxylic acids is 1. The molecule has 0 amide bonds. The predicted molar refractivity (Wildman–Crippen MR) is 154 cm³/mol. The zero-order chi connectivity index (χ0) is 27.5. The second kappa shape index (κ2) is 9.89. The van der Waals surface area contributed by atoms with Crippen molar-refractivity contribution < 1.29 is 23.9 Å². The summed E-state index contributed by atoms with van der Waals surface area (Å²) < 4.78 is 18.9. The lowest BCUT2D eigenvalue weighted by molar-refractivity contribution is 0.0147. The summed E-state index contributed by atoms with van der Waals surface area (Å²) in [6, 6.07) is 10.3. The largest absolute Gasteiger partial charge is 0.494 e. The molecule has 3 atom stereocenters. The quantitative estimate of drug-likeness (QED) is 0.250. The summed E-state index contributed by atoms with van der Waals surface area (Å²) >= 11 is 1.55. The molecule has 2 aliphatic heterocycles. The van der Waals surface area contributed by atoms with Gasteiger partial charge in [-0.05, 0) is 75.6 Å². The van der Waals surface area contributed by atoms with E-state index in [2.05, 4.69) is 42.1 Å². The molecule has 3 aliphatic rings. The number of fused-ring (bicyclic) bond motifs is 3. The fourth-order valence-electron chi connectivity index (χ4n) is 6.67. The molecule has 0 radical (unpaired) electrons. The number of benzene rings is 2. The zero-order valence-corrected chi connectivity index (χ0v) is 23.8. The van der Waals surface area contributed by atoms with Crippen molar-refractivity contribution in [2.24, 2.45) is 0 Å². The van der Waals surface area contributed by atoms with Gasteiger partial charge in [0.05, 0.1) is 30.1 Å². The van der Waals surface area contributed by atoms with Gasteiger partial charge in [-0.1, -0.05) is 34.7 Å². The Morgan fingerprint density at radius 2 is 1.85 bits per heavy atom. The number of carbonyl (C=O) groups is 1. The van der Waals surface area contributed by atoms with Gasteiger partial charge < -0.3 is 24.0 Å². The number of aryl methyl sites for hydroxylation is 2. The van der Waals surface area contributed by atoms with E-state index in [4.69, 9.17) is 19.0 Å². The first kappa shape index (κ1) is 25.5. The smallest absolute Gasteiger partial charge is 0.335 e. The molecule has 2 saturated heterocycles. The second-order valence-corrected chi connectivity index (χ2v) is 12.4. The van der Waals surface area contributed by atoms with E-state index in [0.717, 1.165) is 76.5 Å². The number of anilines is 1. The van der Waals surface area contributed by atoms with E-state index < -0.39 is 5.97 Å². The fraction of sp³-hybridized carbons (Fsp3) is 0.452. The minimum atomic E-state index is -0.966. The van der Waals surface area contributed by atoms with Crippen LogP contribution in [0.3, 0.4) is 0 Å². The molecule has 208 valence electrons. The van der Waals surface area contributed by atoms with Crippen LogP contribution in [0.15, 0.2) is 34.9 Å². The van der Waals surface area contributed by atoms with Gasteiger partial charge in [0.2, 0.25) is 0 Å². The molecule has 1 N–H and O–H groups in total. The van der Waals surface area contributed by atoms with Gasteiger partial charge in [0.15, 0.2) is 5.13 Å². The Kier molecular flexibility index (Phi) is 6.31. The Labute approximate surface area is 236 Å². The lowest BCUT2D eigenvalue weighted by atomic mass is 9.96. The number of ether oxygens (including phenoxy) is 2. The monoisotopic (exact) mass is 559 g/mol. The molecule has 4 aromatic rings. The number of hydrogen-bond acceptors (Lipinski definition) is 8. The molecule has 2 aromatic carbocycles. The number of carboxylic acid groups (broad SMARTS) is 1. The highest BCUT2D eigenvalue weighted by Gasteiger charge is 2.43. The molecule has 1 aliphatic carbocycles. The van der Waals surface area contributed by atoms with Crippen LogP contribution in [-0.4, -0.2) is 46.5 Å². The van der Waals surface area contributed by atoms with Gasteiger partial charge in [0.25, 0.3) is 0 Å². The van der Waals surface area contributed by atoms with Crippen LogP contribution in [0.4, 0.5) is 5.13 Å². The summed E-state index contributed by atoms with van der Waals surface area (Å²) in [5, 5.41) is 15.0.